The number of hydrogen-bond donors (Lipinski definition) is 0. The quantitative estimate of drug-likeness (QED) is 0.648. The van der Waals surface area contributed by atoms with Gasteiger partial charge in [-0.2, -0.15) is 0 Å². The third-order valence-corrected chi connectivity index (χ3v) is 7.17. The summed E-state index contributed by atoms with van der Waals surface area (Å²) in [5.74, 6) is -0.500. The Morgan fingerprint density at radius 1 is 0.828 bits per heavy atom. The summed E-state index contributed by atoms with van der Waals surface area (Å²) < 4.78 is 27.6. The molecule has 1 aliphatic rings. The van der Waals surface area contributed by atoms with Crippen LogP contribution in [0.4, 0.5) is 0 Å². The first-order valence-electron chi connectivity index (χ1n) is 9.32. The van der Waals surface area contributed by atoms with Gasteiger partial charge in [0, 0.05) is 12.1 Å². The van der Waals surface area contributed by atoms with E-state index in [9.17, 15) is 13.2 Å². The highest BCUT2D eigenvalue weighted by Crippen LogP contribution is 2.47. The van der Waals surface area contributed by atoms with Gasteiger partial charge in [-0.05, 0) is 30.2 Å². The zero-order valence-corrected chi connectivity index (χ0v) is 16.9. The molecule has 5 heteroatoms. The monoisotopic (exact) mass is 403 g/mol. The largest absolute Gasteiger partial charge is 0.272 e. The van der Waals surface area contributed by atoms with Crippen molar-refractivity contribution in [2.45, 2.75) is 23.7 Å². The minimum Gasteiger partial charge on any atom is -0.272 e. The molecule has 0 aromatic heterocycles. The van der Waals surface area contributed by atoms with Crippen LogP contribution in [0.5, 0.6) is 0 Å². The molecule has 0 unspecified atom stereocenters. The summed E-state index contributed by atoms with van der Waals surface area (Å²) in [6.07, 6.45) is 0.199. The molecule has 1 fully saturated rings. The van der Waals surface area contributed by atoms with Gasteiger partial charge in [0.2, 0.25) is 0 Å². The second-order valence-electron chi connectivity index (χ2n) is 7.27. The van der Waals surface area contributed by atoms with Crippen molar-refractivity contribution < 1.29 is 13.2 Å². The van der Waals surface area contributed by atoms with Crippen molar-refractivity contribution in [1.29, 1.82) is 0 Å². The Kier molecular flexibility index (Phi) is 4.63. The lowest BCUT2D eigenvalue weighted by Crippen LogP contribution is -2.41. The Morgan fingerprint density at radius 2 is 1.31 bits per heavy atom. The van der Waals surface area contributed by atoms with Crippen LogP contribution in [0.1, 0.15) is 23.1 Å². The number of benzene rings is 3. The summed E-state index contributed by atoms with van der Waals surface area (Å²) in [6.45, 7) is 5.85. The molecule has 0 saturated carbocycles. The number of hydrogen-bond acceptors (Lipinski definition) is 3. The molecule has 1 saturated heterocycles. The van der Waals surface area contributed by atoms with Gasteiger partial charge in [0.1, 0.15) is 5.41 Å². The zero-order valence-electron chi connectivity index (χ0n) is 16.1. The number of nitrogens with zero attached hydrogens (tertiary/aromatic N) is 1. The standard InChI is InChI=1S/C24H21NO3S/c1-18-13-15-22(16-14-18)29(27,28)25-19(2)17-24(23(25)26,20-9-5-3-6-10-20)21-11-7-4-8-12-21/h3-16H,2,17H2,1H3. The van der Waals surface area contributed by atoms with Crippen LogP contribution < -0.4 is 0 Å². The molecule has 0 atom stereocenters. The molecular weight excluding hydrogens is 382 g/mol. The van der Waals surface area contributed by atoms with E-state index in [4.69, 9.17) is 0 Å². The average molecular weight is 404 g/mol. The summed E-state index contributed by atoms with van der Waals surface area (Å²) in [5.41, 5.74) is 1.58. The summed E-state index contributed by atoms with van der Waals surface area (Å²) in [6, 6.07) is 25.1. The van der Waals surface area contributed by atoms with E-state index in [1.807, 2.05) is 67.6 Å². The van der Waals surface area contributed by atoms with Crippen LogP contribution in [0, 0.1) is 6.92 Å². The normalized spacial score (nSPS) is 16.2. The van der Waals surface area contributed by atoms with Gasteiger partial charge in [-0.1, -0.05) is 84.9 Å². The van der Waals surface area contributed by atoms with Gasteiger partial charge in [0.15, 0.2) is 0 Å². The summed E-state index contributed by atoms with van der Waals surface area (Å²) in [7, 11) is -4.06. The second kappa shape index (κ2) is 7.01. The molecule has 4 rings (SSSR count). The van der Waals surface area contributed by atoms with Crippen LogP contribution in [-0.2, 0) is 20.2 Å². The van der Waals surface area contributed by atoms with Gasteiger partial charge in [-0.15, -0.1) is 0 Å². The molecule has 146 valence electrons. The summed E-state index contributed by atoms with van der Waals surface area (Å²) in [4.78, 5) is 13.9. The van der Waals surface area contributed by atoms with Gasteiger partial charge in [-0.3, -0.25) is 4.79 Å². The van der Waals surface area contributed by atoms with E-state index in [2.05, 4.69) is 6.58 Å². The first-order chi connectivity index (χ1) is 13.9. The number of sulfonamides is 1. The van der Waals surface area contributed by atoms with E-state index in [0.717, 1.165) is 21.0 Å². The maximum atomic E-state index is 13.8. The van der Waals surface area contributed by atoms with Crippen molar-refractivity contribution in [3.05, 3.63) is 114 Å². The Balaban J connectivity index is 1.90. The van der Waals surface area contributed by atoms with Crippen LogP contribution in [0.2, 0.25) is 0 Å². The topological polar surface area (TPSA) is 54.5 Å². The molecule has 1 heterocycles. The molecule has 3 aromatic carbocycles. The Morgan fingerprint density at radius 3 is 1.79 bits per heavy atom. The van der Waals surface area contributed by atoms with Crippen LogP contribution >= 0.6 is 0 Å². The van der Waals surface area contributed by atoms with Crippen LogP contribution in [0.15, 0.2) is 102 Å². The molecule has 4 nitrogen and oxygen atoms in total. The Labute approximate surface area is 171 Å². The molecule has 0 spiro atoms. The average Bonchev–Trinajstić information content (AvgIpc) is 3.01. The molecular formula is C24H21NO3S. The van der Waals surface area contributed by atoms with Crippen molar-refractivity contribution in [2.75, 3.05) is 0 Å². The molecule has 0 N–H and O–H groups in total. The minimum absolute atomic E-state index is 0.0783. The van der Waals surface area contributed by atoms with Gasteiger partial charge in [0.05, 0.1) is 4.90 Å². The number of aryl methyl sites for hydroxylation is 1. The van der Waals surface area contributed by atoms with E-state index in [-0.39, 0.29) is 17.0 Å². The molecule has 0 aliphatic carbocycles. The van der Waals surface area contributed by atoms with E-state index >= 15 is 0 Å². The van der Waals surface area contributed by atoms with Crippen molar-refractivity contribution in [2.24, 2.45) is 0 Å². The Bertz CT molecular complexity index is 1130. The van der Waals surface area contributed by atoms with Gasteiger partial charge < -0.3 is 0 Å². The van der Waals surface area contributed by atoms with Crippen LogP contribution in [0.3, 0.4) is 0 Å². The highest BCUT2D eigenvalue weighted by Gasteiger charge is 2.55. The Hall–Kier alpha value is -3.18. The number of amides is 1. The summed E-state index contributed by atoms with van der Waals surface area (Å²) in [5, 5.41) is 0. The fourth-order valence-electron chi connectivity index (χ4n) is 3.93. The van der Waals surface area contributed by atoms with Crippen LogP contribution in [0.25, 0.3) is 0 Å². The molecule has 1 aliphatic heterocycles. The third kappa shape index (κ3) is 2.98. The van der Waals surface area contributed by atoms with E-state index < -0.39 is 21.3 Å². The molecule has 1 amide bonds. The maximum Gasteiger partial charge on any atom is 0.270 e. The van der Waals surface area contributed by atoms with Crippen LogP contribution in [-0.4, -0.2) is 18.6 Å². The molecule has 0 bridgehead atoms. The lowest BCUT2D eigenvalue weighted by Gasteiger charge is -2.28. The predicted molar refractivity (Wildman–Crippen MR) is 113 cm³/mol. The van der Waals surface area contributed by atoms with Gasteiger partial charge >= 0.3 is 0 Å². The number of allylic oxidation sites excluding steroid dienone is 1. The highest BCUT2D eigenvalue weighted by atomic mass is 32.2. The molecule has 29 heavy (non-hydrogen) atoms. The lowest BCUT2D eigenvalue weighted by molar-refractivity contribution is -0.126. The van der Waals surface area contributed by atoms with Crippen molar-refractivity contribution in [3.8, 4) is 0 Å². The number of rotatable bonds is 4. The summed E-state index contributed by atoms with van der Waals surface area (Å²) >= 11 is 0. The smallest absolute Gasteiger partial charge is 0.270 e. The van der Waals surface area contributed by atoms with E-state index in [1.165, 1.54) is 12.1 Å². The first-order valence-corrected chi connectivity index (χ1v) is 10.8. The molecule has 0 radical (unpaired) electrons. The number of carbonyl (C=O) groups excluding carboxylic acids is 1. The van der Waals surface area contributed by atoms with Gasteiger partial charge in [-0.25, -0.2) is 12.7 Å². The zero-order chi connectivity index (χ0) is 20.6. The fourth-order valence-corrected chi connectivity index (χ4v) is 5.40. The lowest BCUT2D eigenvalue weighted by atomic mass is 9.73. The predicted octanol–water partition coefficient (Wildman–Crippen LogP) is 4.42. The van der Waals surface area contributed by atoms with Crippen molar-refractivity contribution in [3.63, 3.8) is 0 Å². The maximum absolute atomic E-state index is 13.8. The van der Waals surface area contributed by atoms with Crippen molar-refractivity contribution >= 4 is 15.9 Å². The van der Waals surface area contributed by atoms with E-state index in [0.29, 0.717) is 0 Å². The third-order valence-electron chi connectivity index (χ3n) is 5.40. The van der Waals surface area contributed by atoms with Gasteiger partial charge in [0.25, 0.3) is 15.9 Å². The fraction of sp³-hybridized carbons (Fsp3) is 0.125. The SMILES string of the molecule is C=C1CC(c2ccccc2)(c2ccccc2)C(=O)N1S(=O)(=O)c1ccc(C)cc1. The molecule has 3 aromatic rings. The first kappa shape index (κ1) is 19.2. The van der Waals surface area contributed by atoms with E-state index in [1.54, 1.807) is 12.1 Å². The van der Waals surface area contributed by atoms with Crippen molar-refractivity contribution in [1.82, 2.24) is 4.31 Å². The minimum atomic E-state index is -4.06. The second-order valence-corrected chi connectivity index (χ2v) is 9.05. The number of carbonyl (C=O) groups is 1. The highest BCUT2D eigenvalue weighted by molar-refractivity contribution is 7.89.